The molecule has 5 fully saturated rings. The first-order chi connectivity index (χ1) is 15.3. The lowest BCUT2D eigenvalue weighted by Crippen LogP contribution is -2.68. The van der Waals surface area contributed by atoms with E-state index < -0.39 is 11.8 Å². The van der Waals surface area contributed by atoms with Gasteiger partial charge in [0, 0.05) is 12.3 Å². The van der Waals surface area contributed by atoms with Crippen LogP contribution in [0.25, 0.3) is 10.8 Å². The maximum Gasteiger partial charge on any atom is 0.335 e. The molecule has 7 atom stereocenters. The van der Waals surface area contributed by atoms with Crippen molar-refractivity contribution in [3.63, 3.8) is 0 Å². The van der Waals surface area contributed by atoms with Gasteiger partial charge < -0.3 is 14.6 Å². The van der Waals surface area contributed by atoms with Gasteiger partial charge in [-0.1, -0.05) is 44.2 Å². The first-order valence-electron chi connectivity index (χ1n) is 11.7. The normalized spacial score (nSPS) is 40.0. The average molecular weight is 441 g/mol. The van der Waals surface area contributed by atoms with Crippen molar-refractivity contribution in [1.29, 1.82) is 0 Å². The molecular weight excluding hydrogens is 408 g/mol. The number of carbonyl (C=O) groups is 1. The van der Waals surface area contributed by atoms with E-state index in [-0.39, 0.29) is 11.9 Å². The van der Waals surface area contributed by atoms with Gasteiger partial charge in [-0.25, -0.2) is 14.6 Å². The summed E-state index contributed by atoms with van der Waals surface area (Å²) >= 11 is 0. The summed E-state index contributed by atoms with van der Waals surface area (Å²) in [5.74, 6) is 0.642. The Bertz CT molecular complexity index is 1010. The van der Waals surface area contributed by atoms with Crippen LogP contribution in [0.2, 0.25) is 0 Å². The summed E-state index contributed by atoms with van der Waals surface area (Å²) in [6.07, 6.45) is 4.24. The number of carboxylic acids is 1. The van der Waals surface area contributed by atoms with E-state index in [1.165, 1.54) is 12.8 Å². The van der Waals surface area contributed by atoms with Gasteiger partial charge in [-0.05, 0) is 66.8 Å². The first kappa shape index (κ1) is 21.8. The van der Waals surface area contributed by atoms with Crippen LogP contribution < -0.4 is 0 Å². The minimum atomic E-state index is -0.884. The Labute approximate surface area is 188 Å². The summed E-state index contributed by atoms with van der Waals surface area (Å²) in [4.78, 5) is 22.4. The van der Waals surface area contributed by atoms with Crippen LogP contribution in [0.3, 0.4) is 0 Å². The second-order valence-electron chi connectivity index (χ2n) is 10.1. The standard InChI is InChI=1S/C15H24O4.C11H8O2/c1-9-4-5-11-10(2)8-16-13-15(11)12(9)6-7-14(3,17-13)18-19-15;12-11(13)10-6-5-8-3-1-2-4-9(8)7-10/h9-13H,4-8H2,1-3H3;1-7H,(H,12,13)/t9?,10-,11?,12?,13?,14?,15?;/m0./s1. The molecule has 2 aromatic rings. The van der Waals surface area contributed by atoms with Crippen molar-refractivity contribution in [2.45, 2.75) is 64.1 Å². The lowest BCUT2D eigenvalue weighted by atomic mass is 9.58. The SMILES string of the molecule is CC1CCC2[C@@H](C)COC3OC4(C)CCC1C32OO4.O=C(O)c1ccc2ccccc2c1. The molecule has 6 unspecified atom stereocenters. The topological polar surface area (TPSA) is 74.2 Å². The number of rotatable bonds is 1. The molecule has 7 rings (SSSR count). The first-order valence-corrected chi connectivity index (χ1v) is 11.7. The van der Waals surface area contributed by atoms with Crippen LogP contribution in [0.4, 0.5) is 0 Å². The second kappa shape index (κ2) is 8.10. The van der Waals surface area contributed by atoms with Crippen molar-refractivity contribution in [2.75, 3.05) is 6.61 Å². The number of aromatic carboxylic acids is 1. The lowest BCUT2D eigenvalue weighted by molar-refractivity contribution is -0.566. The van der Waals surface area contributed by atoms with Crippen LogP contribution in [0.1, 0.15) is 56.8 Å². The third-order valence-electron chi connectivity index (χ3n) is 7.97. The van der Waals surface area contributed by atoms with E-state index in [2.05, 4.69) is 13.8 Å². The van der Waals surface area contributed by atoms with Crippen molar-refractivity contribution < 1.29 is 29.1 Å². The summed E-state index contributed by atoms with van der Waals surface area (Å²) in [6, 6.07) is 12.8. The largest absolute Gasteiger partial charge is 0.478 e. The van der Waals surface area contributed by atoms with Crippen molar-refractivity contribution in [1.82, 2.24) is 0 Å². The molecule has 5 aliphatic rings. The molecule has 0 amide bonds. The molecule has 32 heavy (non-hydrogen) atoms. The minimum Gasteiger partial charge on any atom is -0.478 e. The van der Waals surface area contributed by atoms with Crippen LogP contribution >= 0.6 is 0 Å². The number of benzene rings is 2. The van der Waals surface area contributed by atoms with Gasteiger partial charge in [0.1, 0.15) is 0 Å². The fourth-order valence-corrected chi connectivity index (χ4v) is 6.20. The number of hydrogen-bond donors (Lipinski definition) is 1. The number of fused-ring (bicyclic) bond motifs is 3. The Hall–Kier alpha value is -1.99. The number of ether oxygens (including phenoxy) is 2. The maximum atomic E-state index is 10.6. The Morgan fingerprint density at radius 3 is 2.50 bits per heavy atom. The maximum absolute atomic E-state index is 10.6. The quantitative estimate of drug-likeness (QED) is 0.598. The van der Waals surface area contributed by atoms with E-state index in [0.29, 0.717) is 29.2 Å². The molecule has 4 saturated heterocycles. The van der Waals surface area contributed by atoms with Gasteiger partial charge in [-0.15, -0.1) is 0 Å². The van der Waals surface area contributed by atoms with Crippen LogP contribution in [0.15, 0.2) is 42.5 Å². The predicted octanol–water partition coefficient (Wildman–Crippen LogP) is 5.41. The minimum absolute atomic E-state index is 0.248. The molecule has 1 saturated carbocycles. The molecule has 0 radical (unpaired) electrons. The highest BCUT2D eigenvalue weighted by atomic mass is 17.3. The Balaban J connectivity index is 0.000000146. The smallest absolute Gasteiger partial charge is 0.335 e. The van der Waals surface area contributed by atoms with Crippen molar-refractivity contribution in [2.24, 2.45) is 23.7 Å². The monoisotopic (exact) mass is 440 g/mol. The third kappa shape index (κ3) is 3.54. The van der Waals surface area contributed by atoms with Crippen molar-refractivity contribution >= 4 is 16.7 Å². The van der Waals surface area contributed by atoms with Gasteiger partial charge in [0.15, 0.2) is 11.9 Å². The molecule has 1 spiro atoms. The summed E-state index contributed by atoms with van der Waals surface area (Å²) in [5.41, 5.74) is -0.0376. The van der Waals surface area contributed by atoms with Crippen LogP contribution in [0.5, 0.6) is 0 Å². The van der Waals surface area contributed by atoms with Gasteiger partial charge in [-0.3, -0.25) is 0 Å². The summed E-state index contributed by atoms with van der Waals surface area (Å²) in [7, 11) is 0. The Morgan fingerprint density at radius 1 is 0.969 bits per heavy atom. The molecule has 4 heterocycles. The summed E-state index contributed by atoms with van der Waals surface area (Å²) < 4.78 is 12.2. The molecular formula is C26H32O6. The van der Waals surface area contributed by atoms with Gasteiger partial charge in [-0.2, -0.15) is 0 Å². The number of hydrogen-bond acceptors (Lipinski definition) is 5. The van der Waals surface area contributed by atoms with E-state index in [1.54, 1.807) is 12.1 Å². The second-order valence-corrected chi connectivity index (χ2v) is 10.1. The molecule has 1 aliphatic carbocycles. The molecule has 2 bridgehead atoms. The van der Waals surface area contributed by atoms with Crippen molar-refractivity contribution in [3.8, 4) is 0 Å². The van der Waals surface area contributed by atoms with Crippen LogP contribution in [0, 0.1) is 23.7 Å². The van der Waals surface area contributed by atoms with Crippen LogP contribution in [-0.4, -0.2) is 35.4 Å². The predicted molar refractivity (Wildman–Crippen MR) is 119 cm³/mol. The summed E-state index contributed by atoms with van der Waals surface area (Å²) in [6.45, 7) is 7.36. The van der Waals surface area contributed by atoms with E-state index >= 15 is 0 Å². The zero-order chi connectivity index (χ0) is 22.5. The van der Waals surface area contributed by atoms with Crippen molar-refractivity contribution in [3.05, 3.63) is 48.0 Å². The van der Waals surface area contributed by atoms with Gasteiger partial charge in [0.2, 0.25) is 5.79 Å². The lowest BCUT2D eigenvalue weighted by Gasteiger charge is -2.58. The molecule has 0 aromatic heterocycles. The highest BCUT2D eigenvalue weighted by Gasteiger charge is 2.67. The van der Waals surface area contributed by atoms with E-state index in [1.807, 2.05) is 37.3 Å². The molecule has 4 aliphatic heterocycles. The number of carboxylic acid groups (broad SMARTS) is 1. The highest BCUT2D eigenvalue weighted by Crippen LogP contribution is 2.59. The van der Waals surface area contributed by atoms with Crippen LogP contribution in [-0.2, 0) is 19.2 Å². The molecule has 2 aromatic carbocycles. The molecule has 6 nitrogen and oxygen atoms in total. The third-order valence-corrected chi connectivity index (χ3v) is 7.97. The van der Waals surface area contributed by atoms with Gasteiger partial charge >= 0.3 is 5.97 Å². The highest BCUT2D eigenvalue weighted by molar-refractivity contribution is 5.94. The molecule has 6 heteroatoms. The Morgan fingerprint density at radius 2 is 1.72 bits per heavy atom. The fourth-order valence-electron chi connectivity index (χ4n) is 6.20. The zero-order valence-electron chi connectivity index (χ0n) is 19.0. The van der Waals surface area contributed by atoms with Gasteiger partial charge in [0.05, 0.1) is 12.2 Å². The summed E-state index contributed by atoms with van der Waals surface area (Å²) in [5, 5.41) is 10.8. The van der Waals surface area contributed by atoms with Gasteiger partial charge in [0.25, 0.3) is 0 Å². The average Bonchev–Trinajstić information content (AvgIpc) is 3.02. The van der Waals surface area contributed by atoms with E-state index in [9.17, 15) is 4.79 Å². The zero-order valence-corrected chi connectivity index (χ0v) is 19.0. The molecule has 1 N–H and O–H groups in total. The fraction of sp³-hybridized carbons (Fsp3) is 0.577. The van der Waals surface area contributed by atoms with E-state index in [0.717, 1.165) is 30.2 Å². The van der Waals surface area contributed by atoms with E-state index in [4.69, 9.17) is 24.4 Å². The molecule has 172 valence electrons. The Kier molecular flexibility index (Phi) is 5.53.